The van der Waals surface area contributed by atoms with Gasteiger partial charge in [0.15, 0.2) is 0 Å². The van der Waals surface area contributed by atoms with Crippen molar-refractivity contribution in [2.24, 2.45) is 0 Å². The van der Waals surface area contributed by atoms with Gasteiger partial charge in [-0.2, -0.15) is 0 Å². The van der Waals surface area contributed by atoms with Crippen molar-refractivity contribution in [3.05, 3.63) is 29.6 Å². The first-order valence-corrected chi connectivity index (χ1v) is 6.78. The van der Waals surface area contributed by atoms with E-state index < -0.39 is 21.4 Å². The van der Waals surface area contributed by atoms with Crippen molar-refractivity contribution in [2.45, 2.75) is 30.2 Å². The molecule has 6 heteroatoms. The first-order valence-electron chi connectivity index (χ1n) is 5.30. The van der Waals surface area contributed by atoms with E-state index in [0.29, 0.717) is 18.4 Å². The Morgan fingerprint density at radius 2 is 2.12 bits per heavy atom. The SMILES string of the molecule is Cc1cc(F)ccc1S(=O)(=O)NC1(CO)CC1. The Labute approximate surface area is 99.5 Å². The van der Waals surface area contributed by atoms with Crippen molar-refractivity contribution < 1.29 is 17.9 Å². The molecule has 0 bridgehead atoms. The van der Waals surface area contributed by atoms with Crippen molar-refractivity contribution in [3.63, 3.8) is 0 Å². The highest BCUT2D eigenvalue weighted by Gasteiger charge is 2.45. The third kappa shape index (κ3) is 2.48. The number of aliphatic hydroxyl groups excluding tert-OH is 1. The summed E-state index contributed by atoms with van der Waals surface area (Å²) in [4.78, 5) is 0.0543. The van der Waals surface area contributed by atoms with Gasteiger partial charge in [0, 0.05) is 0 Å². The summed E-state index contributed by atoms with van der Waals surface area (Å²) in [5, 5.41) is 9.09. The van der Waals surface area contributed by atoms with Crippen LogP contribution in [0.3, 0.4) is 0 Å². The van der Waals surface area contributed by atoms with E-state index in [9.17, 15) is 12.8 Å². The van der Waals surface area contributed by atoms with Crippen LogP contribution in [0, 0.1) is 12.7 Å². The molecule has 2 N–H and O–H groups in total. The topological polar surface area (TPSA) is 66.4 Å². The zero-order chi connectivity index (χ0) is 12.7. The van der Waals surface area contributed by atoms with Gasteiger partial charge in [0.25, 0.3) is 0 Å². The molecule has 0 spiro atoms. The first kappa shape index (κ1) is 12.5. The number of sulfonamides is 1. The molecule has 0 amide bonds. The van der Waals surface area contributed by atoms with Crippen molar-refractivity contribution in [1.82, 2.24) is 4.72 Å². The number of benzene rings is 1. The van der Waals surface area contributed by atoms with Gasteiger partial charge in [0.05, 0.1) is 17.0 Å². The van der Waals surface area contributed by atoms with Crippen LogP contribution in [0.4, 0.5) is 4.39 Å². The quantitative estimate of drug-likeness (QED) is 0.845. The lowest BCUT2D eigenvalue weighted by Gasteiger charge is -2.15. The number of nitrogens with one attached hydrogen (secondary N) is 1. The van der Waals surface area contributed by atoms with Crippen LogP contribution in [-0.4, -0.2) is 25.7 Å². The Kier molecular flexibility index (Phi) is 2.97. The number of rotatable bonds is 4. The van der Waals surface area contributed by atoms with Crippen LogP contribution in [0.2, 0.25) is 0 Å². The minimum Gasteiger partial charge on any atom is -0.394 e. The summed E-state index contributed by atoms with van der Waals surface area (Å²) in [5.74, 6) is -0.468. The number of aryl methyl sites for hydroxylation is 1. The zero-order valence-corrected chi connectivity index (χ0v) is 10.2. The third-order valence-electron chi connectivity index (χ3n) is 2.93. The molecule has 1 aromatic rings. The molecule has 1 aromatic carbocycles. The van der Waals surface area contributed by atoms with Crippen molar-refractivity contribution in [3.8, 4) is 0 Å². The fourth-order valence-electron chi connectivity index (χ4n) is 1.70. The molecule has 1 aliphatic rings. The van der Waals surface area contributed by atoms with Gasteiger partial charge in [-0.15, -0.1) is 0 Å². The molecule has 0 aliphatic heterocycles. The lowest BCUT2D eigenvalue weighted by atomic mass is 10.2. The van der Waals surface area contributed by atoms with Gasteiger partial charge in [0.1, 0.15) is 5.82 Å². The fourth-order valence-corrected chi connectivity index (χ4v) is 3.38. The summed E-state index contributed by atoms with van der Waals surface area (Å²) in [6.07, 6.45) is 1.26. The summed E-state index contributed by atoms with van der Waals surface area (Å²) in [6, 6.07) is 3.52. The molecule has 0 atom stereocenters. The summed E-state index contributed by atoms with van der Waals surface area (Å²) in [6.45, 7) is 1.32. The second-order valence-electron chi connectivity index (χ2n) is 4.45. The predicted molar refractivity (Wildman–Crippen MR) is 60.5 cm³/mol. The number of hydrogen-bond acceptors (Lipinski definition) is 3. The molecule has 17 heavy (non-hydrogen) atoms. The van der Waals surface area contributed by atoms with E-state index in [1.54, 1.807) is 0 Å². The van der Waals surface area contributed by atoms with Crippen LogP contribution in [0.1, 0.15) is 18.4 Å². The standard InChI is InChI=1S/C11H14FNO3S/c1-8-6-9(12)2-3-10(8)17(15,16)13-11(7-14)4-5-11/h2-3,6,13-14H,4-5,7H2,1H3. The highest BCUT2D eigenvalue weighted by molar-refractivity contribution is 7.89. The average Bonchev–Trinajstić information content (AvgIpc) is 2.97. The van der Waals surface area contributed by atoms with Crippen LogP contribution in [-0.2, 0) is 10.0 Å². The lowest BCUT2D eigenvalue weighted by molar-refractivity contribution is 0.246. The lowest BCUT2D eigenvalue weighted by Crippen LogP contribution is -2.39. The van der Waals surface area contributed by atoms with E-state index in [1.807, 2.05) is 0 Å². The molecular weight excluding hydrogens is 245 g/mol. The van der Waals surface area contributed by atoms with Gasteiger partial charge in [0.2, 0.25) is 10.0 Å². The molecule has 0 heterocycles. The fraction of sp³-hybridized carbons (Fsp3) is 0.455. The molecule has 2 rings (SSSR count). The first-order chi connectivity index (χ1) is 7.88. The molecule has 0 aromatic heterocycles. The van der Waals surface area contributed by atoms with Crippen LogP contribution in [0.5, 0.6) is 0 Å². The Hall–Kier alpha value is -0.980. The Morgan fingerprint density at radius 1 is 1.47 bits per heavy atom. The van der Waals surface area contributed by atoms with Gasteiger partial charge >= 0.3 is 0 Å². The molecule has 1 aliphatic carbocycles. The maximum Gasteiger partial charge on any atom is 0.241 e. The summed E-state index contributed by atoms with van der Waals surface area (Å²) >= 11 is 0. The number of halogens is 1. The van der Waals surface area contributed by atoms with Gasteiger partial charge in [-0.3, -0.25) is 0 Å². The van der Waals surface area contributed by atoms with Crippen LogP contribution < -0.4 is 4.72 Å². The molecule has 0 radical (unpaired) electrons. The van der Waals surface area contributed by atoms with Crippen molar-refractivity contribution in [2.75, 3.05) is 6.61 Å². The van der Waals surface area contributed by atoms with E-state index in [-0.39, 0.29) is 11.5 Å². The van der Waals surface area contributed by atoms with Crippen LogP contribution in [0.15, 0.2) is 23.1 Å². The molecular formula is C11H14FNO3S. The molecule has 1 saturated carbocycles. The van der Waals surface area contributed by atoms with Crippen molar-refractivity contribution >= 4 is 10.0 Å². The highest BCUT2D eigenvalue weighted by Crippen LogP contribution is 2.36. The van der Waals surface area contributed by atoms with Gasteiger partial charge in [-0.05, 0) is 43.5 Å². The molecule has 1 fully saturated rings. The largest absolute Gasteiger partial charge is 0.394 e. The van der Waals surface area contributed by atoms with Gasteiger partial charge < -0.3 is 5.11 Å². The smallest absolute Gasteiger partial charge is 0.241 e. The van der Waals surface area contributed by atoms with E-state index in [1.165, 1.54) is 19.1 Å². The Balaban J connectivity index is 2.32. The van der Waals surface area contributed by atoms with E-state index in [0.717, 1.165) is 6.07 Å². The molecule has 94 valence electrons. The normalized spacial score (nSPS) is 18.1. The van der Waals surface area contributed by atoms with Crippen LogP contribution in [0.25, 0.3) is 0 Å². The maximum absolute atomic E-state index is 12.9. The minimum atomic E-state index is -3.69. The number of hydrogen-bond donors (Lipinski definition) is 2. The maximum atomic E-state index is 12.9. The summed E-state index contributed by atoms with van der Waals surface area (Å²) in [5.41, 5.74) is -0.356. The monoisotopic (exact) mass is 259 g/mol. The summed E-state index contributed by atoms with van der Waals surface area (Å²) < 4.78 is 39.4. The second kappa shape index (κ2) is 4.04. The van der Waals surface area contributed by atoms with E-state index in [2.05, 4.69) is 4.72 Å². The Bertz CT molecular complexity index is 538. The zero-order valence-electron chi connectivity index (χ0n) is 9.40. The predicted octanol–water partition coefficient (Wildman–Crippen LogP) is 0.937. The van der Waals surface area contributed by atoms with E-state index in [4.69, 9.17) is 5.11 Å². The van der Waals surface area contributed by atoms with Crippen molar-refractivity contribution in [1.29, 1.82) is 0 Å². The number of aliphatic hydroxyl groups is 1. The summed E-state index contributed by atoms with van der Waals surface area (Å²) in [7, 11) is -3.69. The second-order valence-corrected chi connectivity index (χ2v) is 6.10. The third-order valence-corrected chi connectivity index (χ3v) is 4.67. The molecule has 0 unspecified atom stereocenters. The van der Waals surface area contributed by atoms with Gasteiger partial charge in [-0.1, -0.05) is 0 Å². The molecule has 4 nitrogen and oxygen atoms in total. The minimum absolute atomic E-state index is 0.0543. The van der Waals surface area contributed by atoms with Crippen LogP contribution >= 0.6 is 0 Å². The van der Waals surface area contributed by atoms with E-state index >= 15 is 0 Å². The molecule has 0 saturated heterocycles. The highest BCUT2D eigenvalue weighted by atomic mass is 32.2. The van der Waals surface area contributed by atoms with Gasteiger partial charge in [-0.25, -0.2) is 17.5 Å². The Morgan fingerprint density at radius 3 is 2.59 bits per heavy atom. The average molecular weight is 259 g/mol.